The molecule has 0 radical (unpaired) electrons. The van der Waals surface area contributed by atoms with E-state index in [1.54, 1.807) is 18.4 Å². The number of nitrogens with one attached hydrogen (secondary N) is 1. The molecule has 0 bridgehead atoms. The lowest BCUT2D eigenvalue weighted by Gasteiger charge is -2.07. The number of rotatable bonds is 5. The van der Waals surface area contributed by atoms with Crippen molar-refractivity contribution >= 4 is 38.0 Å². The van der Waals surface area contributed by atoms with Gasteiger partial charge in [0.2, 0.25) is 0 Å². The fraction of sp³-hybridized carbons (Fsp3) is 0.176. The van der Waals surface area contributed by atoms with Crippen molar-refractivity contribution in [2.24, 2.45) is 0 Å². The maximum Gasteiger partial charge on any atom is 0.119 e. The molecule has 2 nitrogen and oxygen atoms in total. The van der Waals surface area contributed by atoms with E-state index in [0.29, 0.717) is 0 Å². The van der Waals surface area contributed by atoms with Gasteiger partial charge in [0, 0.05) is 18.0 Å². The van der Waals surface area contributed by atoms with Crippen molar-refractivity contribution in [2.75, 3.05) is 7.11 Å². The van der Waals surface area contributed by atoms with E-state index in [9.17, 15) is 0 Å². The molecule has 0 aliphatic carbocycles. The Morgan fingerprint density at radius 2 is 1.81 bits per heavy atom. The SMILES string of the molecule is COc1ccc2cc(CNCc3ccc(Br)s3)ccc2c1. The fourth-order valence-corrected chi connectivity index (χ4v) is 3.74. The topological polar surface area (TPSA) is 21.3 Å². The minimum absolute atomic E-state index is 0.873. The lowest BCUT2D eigenvalue weighted by atomic mass is 10.1. The Morgan fingerprint density at radius 1 is 1.00 bits per heavy atom. The largest absolute Gasteiger partial charge is 0.497 e. The average molecular weight is 362 g/mol. The van der Waals surface area contributed by atoms with Crippen LogP contribution in [0.4, 0.5) is 0 Å². The highest BCUT2D eigenvalue weighted by atomic mass is 79.9. The number of thiophene rings is 1. The average Bonchev–Trinajstić information content (AvgIpc) is 2.92. The summed E-state index contributed by atoms with van der Waals surface area (Å²) >= 11 is 5.26. The number of benzene rings is 2. The second kappa shape index (κ2) is 6.60. The summed E-state index contributed by atoms with van der Waals surface area (Å²) < 4.78 is 6.43. The van der Waals surface area contributed by atoms with Gasteiger partial charge in [-0.1, -0.05) is 18.2 Å². The summed E-state index contributed by atoms with van der Waals surface area (Å²) in [7, 11) is 1.70. The van der Waals surface area contributed by atoms with E-state index in [2.05, 4.69) is 63.7 Å². The zero-order chi connectivity index (χ0) is 14.7. The number of halogens is 1. The summed E-state index contributed by atoms with van der Waals surface area (Å²) in [5.74, 6) is 0.900. The van der Waals surface area contributed by atoms with Crippen LogP contribution >= 0.6 is 27.3 Å². The molecule has 0 aliphatic rings. The van der Waals surface area contributed by atoms with Crippen LogP contribution in [0.2, 0.25) is 0 Å². The summed E-state index contributed by atoms with van der Waals surface area (Å²) in [5.41, 5.74) is 1.29. The third kappa shape index (κ3) is 3.64. The summed E-state index contributed by atoms with van der Waals surface area (Å²) in [6.45, 7) is 1.77. The molecule has 1 aromatic heterocycles. The number of hydrogen-bond donors (Lipinski definition) is 1. The number of fused-ring (bicyclic) bond motifs is 1. The molecule has 3 rings (SSSR count). The Morgan fingerprint density at radius 3 is 2.57 bits per heavy atom. The molecule has 0 atom stereocenters. The first-order valence-corrected chi connectivity index (χ1v) is 8.37. The first-order valence-electron chi connectivity index (χ1n) is 6.76. The summed E-state index contributed by atoms with van der Waals surface area (Å²) in [4.78, 5) is 1.34. The minimum atomic E-state index is 0.873. The van der Waals surface area contributed by atoms with Crippen LogP contribution in [0.15, 0.2) is 52.3 Å². The zero-order valence-electron chi connectivity index (χ0n) is 11.7. The summed E-state index contributed by atoms with van der Waals surface area (Å²) in [6.07, 6.45) is 0. The number of ether oxygens (including phenoxy) is 1. The molecule has 0 aliphatic heterocycles. The maximum absolute atomic E-state index is 5.25. The smallest absolute Gasteiger partial charge is 0.119 e. The van der Waals surface area contributed by atoms with Crippen molar-refractivity contribution in [2.45, 2.75) is 13.1 Å². The molecule has 21 heavy (non-hydrogen) atoms. The highest BCUT2D eigenvalue weighted by Crippen LogP contribution is 2.23. The van der Waals surface area contributed by atoms with Crippen LogP contribution in [-0.4, -0.2) is 7.11 Å². The van der Waals surface area contributed by atoms with Gasteiger partial charge < -0.3 is 10.1 Å². The highest BCUT2D eigenvalue weighted by Gasteiger charge is 2.00. The maximum atomic E-state index is 5.25. The Balaban J connectivity index is 1.67. The highest BCUT2D eigenvalue weighted by molar-refractivity contribution is 9.11. The number of hydrogen-bond acceptors (Lipinski definition) is 3. The lowest BCUT2D eigenvalue weighted by molar-refractivity contribution is 0.415. The van der Waals surface area contributed by atoms with Gasteiger partial charge in [0.15, 0.2) is 0 Å². The van der Waals surface area contributed by atoms with Crippen LogP contribution in [-0.2, 0) is 13.1 Å². The first kappa shape index (κ1) is 14.6. The van der Waals surface area contributed by atoms with Crippen LogP contribution in [0.3, 0.4) is 0 Å². The van der Waals surface area contributed by atoms with Crippen LogP contribution in [0.1, 0.15) is 10.4 Å². The quantitative estimate of drug-likeness (QED) is 0.693. The van der Waals surface area contributed by atoms with E-state index in [4.69, 9.17) is 4.74 Å². The van der Waals surface area contributed by atoms with E-state index in [0.717, 1.165) is 18.8 Å². The molecule has 0 unspecified atom stereocenters. The van der Waals surface area contributed by atoms with Gasteiger partial charge in [0.25, 0.3) is 0 Å². The van der Waals surface area contributed by atoms with Gasteiger partial charge in [-0.05, 0) is 62.6 Å². The normalized spacial score (nSPS) is 11.0. The van der Waals surface area contributed by atoms with Crippen molar-refractivity contribution in [1.29, 1.82) is 0 Å². The van der Waals surface area contributed by atoms with Crippen molar-refractivity contribution in [1.82, 2.24) is 5.32 Å². The van der Waals surface area contributed by atoms with E-state index < -0.39 is 0 Å². The van der Waals surface area contributed by atoms with Gasteiger partial charge in [-0.25, -0.2) is 0 Å². The molecule has 0 spiro atoms. The Bertz CT molecular complexity index is 753. The predicted molar refractivity (Wildman–Crippen MR) is 93.1 cm³/mol. The molecule has 0 amide bonds. The zero-order valence-corrected chi connectivity index (χ0v) is 14.1. The number of methoxy groups -OCH3 is 1. The van der Waals surface area contributed by atoms with Crippen LogP contribution in [0, 0.1) is 0 Å². The van der Waals surface area contributed by atoms with Gasteiger partial charge in [-0.2, -0.15) is 0 Å². The molecule has 1 heterocycles. The molecule has 4 heteroatoms. The van der Waals surface area contributed by atoms with E-state index >= 15 is 0 Å². The van der Waals surface area contributed by atoms with Crippen molar-refractivity contribution in [3.05, 3.63) is 62.8 Å². The third-order valence-corrected chi connectivity index (χ3v) is 4.99. The van der Waals surface area contributed by atoms with Gasteiger partial charge in [0.05, 0.1) is 10.9 Å². The Labute approximate surface area is 136 Å². The molecule has 1 N–H and O–H groups in total. The summed E-state index contributed by atoms with van der Waals surface area (Å²) in [6, 6.07) is 17.0. The predicted octanol–water partition coefficient (Wildman–Crippen LogP) is 4.96. The van der Waals surface area contributed by atoms with Crippen molar-refractivity contribution in [3.63, 3.8) is 0 Å². The minimum Gasteiger partial charge on any atom is -0.497 e. The van der Waals surface area contributed by atoms with Crippen LogP contribution < -0.4 is 10.1 Å². The summed E-state index contributed by atoms with van der Waals surface area (Å²) in [5, 5.41) is 5.94. The molecule has 0 saturated heterocycles. The second-order valence-electron chi connectivity index (χ2n) is 4.86. The molecule has 0 fully saturated rings. The Hall–Kier alpha value is -1.36. The monoisotopic (exact) mass is 361 g/mol. The van der Waals surface area contributed by atoms with E-state index in [-0.39, 0.29) is 0 Å². The molecule has 3 aromatic rings. The van der Waals surface area contributed by atoms with Crippen LogP contribution in [0.5, 0.6) is 5.75 Å². The molecule has 0 saturated carbocycles. The van der Waals surface area contributed by atoms with Crippen LogP contribution in [0.25, 0.3) is 10.8 Å². The Kier molecular flexibility index (Phi) is 4.58. The second-order valence-corrected chi connectivity index (χ2v) is 7.40. The van der Waals surface area contributed by atoms with Crippen molar-refractivity contribution in [3.8, 4) is 5.75 Å². The van der Waals surface area contributed by atoms with Gasteiger partial charge in [0.1, 0.15) is 5.75 Å². The first-order chi connectivity index (χ1) is 10.2. The van der Waals surface area contributed by atoms with Gasteiger partial charge in [-0.15, -0.1) is 11.3 Å². The van der Waals surface area contributed by atoms with Gasteiger partial charge >= 0.3 is 0 Å². The van der Waals surface area contributed by atoms with Gasteiger partial charge in [-0.3, -0.25) is 0 Å². The van der Waals surface area contributed by atoms with E-state index in [1.165, 1.54) is 25.0 Å². The van der Waals surface area contributed by atoms with E-state index in [1.807, 2.05) is 6.07 Å². The fourth-order valence-electron chi connectivity index (χ4n) is 2.29. The standard InChI is InChI=1S/C17H16BrNOS/c1-20-15-5-4-13-8-12(2-3-14(13)9-15)10-19-11-16-6-7-17(18)21-16/h2-9,19H,10-11H2,1H3. The molecule has 108 valence electrons. The molecular weight excluding hydrogens is 346 g/mol. The van der Waals surface area contributed by atoms with Crippen molar-refractivity contribution < 1.29 is 4.74 Å². The molecule has 2 aromatic carbocycles. The lowest BCUT2D eigenvalue weighted by Crippen LogP contribution is -2.11. The molecular formula is C17H16BrNOS. The third-order valence-electron chi connectivity index (χ3n) is 3.37.